The van der Waals surface area contributed by atoms with E-state index in [4.69, 9.17) is 9.47 Å². The second-order valence-corrected chi connectivity index (χ2v) is 6.40. The van der Waals surface area contributed by atoms with Crippen LogP contribution in [0.3, 0.4) is 0 Å². The summed E-state index contributed by atoms with van der Waals surface area (Å²) < 4.78 is 11.6. The van der Waals surface area contributed by atoms with Crippen LogP contribution in [-0.4, -0.2) is 54.8 Å². The van der Waals surface area contributed by atoms with E-state index in [2.05, 4.69) is 28.8 Å². The Labute approximate surface area is 131 Å². The number of fused-ring (bicyclic) bond motifs is 1. The molecule has 118 valence electrons. The van der Waals surface area contributed by atoms with Gasteiger partial charge in [-0.15, -0.1) is 0 Å². The fourth-order valence-electron chi connectivity index (χ4n) is 3.28. The largest absolute Gasteiger partial charge is 0.463 e. The van der Waals surface area contributed by atoms with Crippen LogP contribution in [0.2, 0.25) is 0 Å². The molecule has 0 bridgehead atoms. The Kier molecular flexibility index (Phi) is 4.27. The van der Waals surface area contributed by atoms with Gasteiger partial charge in [-0.25, -0.2) is 4.98 Å². The minimum atomic E-state index is -0.0588. The van der Waals surface area contributed by atoms with Crippen LogP contribution in [-0.2, 0) is 4.74 Å². The number of piperidine rings is 1. The van der Waals surface area contributed by atoms with Crippen molar-refractivity contribution < 1.29 is 9.47 Å². The molecule has 0 saturated carbocycles. The van der Waals surface area contributed by atoms with Crippen LogP contribution in [0.15, 0.2) is 30.5 Å². The van der Waals surface area contributed by atoms with Gasteiger partial charge in [0.15, 0.2) is 0 Å². The van der Waals surface area contributed by atoms with Crippen molar-refractivity contribution in [1.29, 1.82) is 0 Å². The number of rotatable bonds is 4. The summed E-state index contributed by atoms with van der Waals surface area (Å²) in [6.45, 7) is 4.76. The van der Waals surface area contributed by atoms with E-state index in [0.717, 1.165) is 30.4 Å². The molecule has 1 aromatic carbocycles. The van der Waals surface area contributed by atoms with Crippen molar-refractivity contribution in [3.05, 3.63) is 30.5 Å². The maximum atomic E-state index is 5.91. The number of benzene rings is 1. The Bertz CT molecular complexity index is 649. The van der Waals surface area contributed by atoms with Crippen molar-refractivity contribution in [2.24, 2.45) is 5.41 Å². The van der Waals surface area contributed by atoms with E-state index >= 15 is 0 Å². The van der Waals surface area contributed by atoms with Crippen molar-refractivity contribution in [2.75, 3.05) is 33.9 Å². The van der Waals surface area contributed by atoms with Crippen LogP contribution in [0.5, 0.6) is 6.01 Å². The number of nitrogens with zero attached hydrogens (tertiary/aromatic N) is 3. The number of ether oxygens (including phenoxy) is 2. The third-order valence-corrected chi connectivity index (χ3v) is 4.46. The SMILES string of the molecule is COC1CCN(C)C[C@@]1(C)COc1ncc2ccccc2n1. The van der Waals surface area contributed by atoms with Crippen molar-refractivity contribution in [2.45, 2.75) is 19.4 Å². The number of hydrogen-bond acceptors (Lipinski definition) is 5. The zero-order valence-corrected chi connectivity index (χ0v) is 13.5. The van der Waals surface area contributed by atoms with Gasteiger partial charge in [0.05, 0.1) is 11.6 Å². The molecule has 5 heteroatoms. The summed E-state index contributed by atoms with van der Waals surface area (Å²) in [5.74, 6) is 0. The maximum absolute atomic E-state index is 5.91. The molecule has 0 aliphatic carbocycles. The topological polar surface area (TPSA) is 47.5 Å². The smallest absolute Gasteiger partial charge is 0.316 e. The Morgan fingerprint density at radius 1 is 1.36 bits per heavy atom. The van der Waals surface area contributed by atoms with Gasteiger partial charge in [0.1, 0.15) is 6.61 Å². The highest BCUT2D eigenvalue weighted by Gasteiger charge is 2.40. The summed E-state index contributed by atoms with van der Waals surface area (Å²) in [6.07, 6.45) is 3.02. The molecule has 2 aromatic rings. The molecule has 22 heavy (non-hydrogen) atoms. The normalized spacial score (nSPS) is 26.2. The first kappa shape index (κ1) is 15.2. The molecule has 2 atom stereocenters. The highest BCUT2D eigenvalue weighted by atomic mass is 16.5. The molecular formula is C17H23N3O2. The fraction of sp³-hybridized carbons (Fsp3) is 0.529. The molecule has 0 spiro atoms. The predicted molar refractivity (Wildman–Crippen MR) is 86.1 cm³/mol. The van der Waals surface area contributed by atoms with Gasteiger partial charge in [0.2, 0.25) is 0 Å². The van der Waals surface area contributed by atoms with E-state index in [1.54, 1.807) is 13.3 Å². The van der Waals surface area contributed by atoms with Crippen LogP contribution >= 0.6 is 0 Å². The molecule has 0 radical (unpaired) electrons. The van der Waals surface area contributed by atoms with Gasteiger partial charge in [0, 0.05) is 37.2 Å². The molecule has 1 unspecified atom stereocenters. The molecule has 1 aromatic heterocycles. The summed E-state index contributed by atoms with van der Waals surface area (Å²) in [5, 5.41) is 1.02. The van der Waals surface area contributed by atoms with E-state index in [1.165, 1.54) is 0 Å². The van der Waals surface area contributed by atoms with Crippen molar-refractivity contribution in [3.8, 4) is 6.01 Å². The molecule has 1 saturated heterocycles. The Hall–Kier alpha value is -1.72. The van der Waals surface area contributed by atoms with E-state index in [9.17, 15) is 0 Å². The standard InChI is InChI=1S/C17H23N3O2/c1-17(11-20(2)9-8-15(17)21-3)12-22-16-18-10-13-6-4-5-7-14(13)19-16/h4-7,10,15H,8-9,11-12H2,1-3H3/t15?,17-/m0/s1. The number of likely N-dealkylation sites (tertiary alicyclic amines) is 1. The second kappa shape index (κ2) is 6.18. The number of para-hydroxylation sites is 1. The number of methoxy groups -OCH3 is 1. The Balaban J connectivity index is 1.74. The van der Waals surface area contributed by atoms with Crippen LogP contribution in [0.4, 0.5) is 0 Å². The van der Waals surface area contributed by atoms with Gasteiger partial charge >= 0.3 is 6.01 Å². The molecule has 3 rings (SSSR count). The lowest BCUT2D eigenvalue weighted by Gasteiger charge is -2.43. The molecular weight excluding hydrogens is 278 g/mol. The maximum Gasteiger partial charge on any atom is 0.316 e. The molecule has 1 aliphatic rings. The van der Waals surface area contributed by atoms with E-state index < -0.39 is 0 Å². The minimum absolute atomic E-state index is 0.0588. The second-order valence-electron chi connectivity index (χ2n) is 6.40. The highest BCUT2D eigenvalue weighted by Crippen LogP contribution is 2.32. The molecule has 1 fully saturated rings. The van der Waals surface area contributed by atoms with Crippen molar-refractivity contribution in [1.82, 2.24) is 14.9 Å². The van der Waals surface area contributed by atoms with Crippen LogP contribution in [0.25, 0.3) is 10.9 Å². The fourth-order valence-corrected chi connectivity index (χ4v) is 3.28. The summed E-state index contributed by atoms with van der Waals surface area (Å²) in [6, 6.07) is 8.35. The lowest BCUT2D eigenvalue weighted by atomic mass is 9.80. The molecule has 1 aliphatic heterocycles. The van der Waals surface area contributed by atoms with Gasteiger partial charge in [-0.05, 0) is 19.5 Å². The highest BCUT2D eigenvalue weighted by molar-refractivity contribution is 5.77. The van der Waals surface area contributed by atoms with Gasteiger partial charge in [-0.2, -0.15) is 4.98 Å². The molecule has 0 N–H and O–H groups in total. The quantitative estimate of drug-likeness (QED) is 0.867. The van der Waals surface area contributed by atoms with E-state index in [1.807, 2.05) is 24.3 Å². The predicted octanol–water partition coefficient (Wildman–Crippen LogP) is 2.37. The number of hydrogen-bond donors (Lipinski definition) is 0. The zero-order chi connectivity index (χ0) is 15.6. The third-order valence-electron chi connectivity index (χ3n) is 4.46. The summed E-state index contributed by atoms with van der Waals surface area (Å²) in [5.41, 5.74) is 0.846. The van der Waals surface area contributed by atoms with Gasteiger partial charge in [-0.1, -0.05) is 25.1 Å². The Morgan fingerprint density at radius 2 is 2.18 bits per heavy atom. The van der Waals surface area contributed by atoms with Crippen molar-refractivity contribution in [3.63, 3.8) is 0 Å². The zero-order valence-electron chi connectivity index (χ0n) is 13.5. The number of aromatic nitrogens is 2. The van der Waals surface area contributed by atoms with Crippen molar-refractivity contribution >= 4 is 10.9 Å². The van der Waals surface area contributed by atoms with Gasteiger partial charge in [-0.3, -0.25) is 0 Å². The molecule has 2 heterocycles. The van der Waals surface area contributed by atoms with E-state index in [0.29, 0.717) is 12.6 Å². The van der Waals surface area contributed by atoms with Gasteiger partial charge < -0.3 is 14.4 Å². The van der Waals surface area contributed by atoms with Gasteiger partial charge in [0.25, 0.3) is 0 Å². The average Bonchev–Trinajstić information content (AvgIpc) is 2.53. The Morgan fingerprint density at radius 3 is 3.00 bits per heavy atom. The van der Waals surface area contributed by atoms with Crippen LogP contribution < -0.4 is 4.74 Å². The summed E-state index contributed by atoms with van der Waals surface area (Å²) in [7, 11) is 3.91. The monoisotopic (exact) mass is 301 g/mol. The average molecular weight is 301 g/mol. The third kappa shape index (κ3) is 3.05. The first-order valence-electron chi connectivity index (χ1n) is 7.67. The van der Waals surface area contributed by atoms with E-state index in [-0.39, 0.29) is 11.5 Å². The summed E-state index contributed by atoms with van der Waals surface area (Å²) in [4.78, 5) is 11.1. The lowest BCUT2D eigenvalue weighted by Crippen LogP contribution is -2.52. The van der Waals surface area contributed by atoms with Crippen LogP contribution in [0.1, 0.15) is 13.3 Å². The first-order valence-corrected chi connectivity index (χ1v) is 7.67. The molecule has 0 amide bonds. The minimum Gasteiger partial charge on any atom is -0.463 e. The first-order chi connectivity index (χ1) is 10.6. The summed E-state index contributed by atoms with van der Waals surface area (Å²) >= 11 is 0. The molecule has 5 nitrogen and oxygen atoms in total. The van der Waals surface area contributed by atoms with Crippen LogP contribution in [0, 0.1) is 5.41 Å². The lowest BCUT2D eigenvalue weighted by molar-refractivity contribution is -0.0754.